The van der Waals surface area contributed by atoms with Crippen molar-refractivity contribution in [3.8, 4) is 0 Å². The van der Waals surface area contributed by atoms with Crippen molar-refractivity contribution in [3.63, 3.8) is 0 Å². The summed E-state index contributed by atoms with van der Waals surface area (Å²) in [6.45, 7) is 4.89. The molecule has 0 aliphatic rings. The minimum absolute atomic E-state index is 1.62. The Labute approximate surface area is 62.1 Å². The van der Waals surface area contributed by atoms with Gasteiger partial charge < -0.3 is 8.37 Å². The van der Waals surface area contributed by atoms with Crippen molar-refractivity contribution in [3.05, 3.63) is 25.2 Å². The zero-order valence-corrected chi connectivity index (χ0v) is 6.03. The van der Waals surface area contributed by atoms with Gasteiger partial charge in [-0.1, -0.05) is 0 Å². The van der Waals surface area contributed by atoms with Gasteiger partial charge in [0.25, 0.3) is 12.0 Å². The first-order valence-corrected chi connectivity index (χ1v) is 3.49. The molecule has 0 aliphatic heterocycles. The molecule has 0 fully saturated rings. The highest BCUT2D eigenvalue weighted by atomic mass is 32.3. The molecule has 0 saturated heterocycles. The summed E-state index contributed by atoms with van der Waals surface area (Å²) < 4.78 is 50.3. The zero-order valence-electron chi connectivity index (χ0n) is 5.21. The standard InChI is InChI=1S/C4H4F2O4S/c1-3(5)9-11(7,8)10-4(2)6/h1-2H2. The molecule has 0 aliphatic carbocycles. The second-order valence-electron chi connectivity index (χ2n) is 1.29. The zero-order chi connectivity index (χ0) is 9.07. The Morgan fingerprint density at radius 2 is 1.36 bits per heavy atom. The van der Waals surface area contributed by atoms with E-state index in [0.29, 0.717) is 0 Å². The maximum Gasteiger partial charge on any atom is 0.505 e. The fourth-order valence-corrected chi connectivity index (χ4v) is 0.715. The van der Waals surface area contributed by atoms with Gasteiger partial charge in [0.15, 0.2) is 0 Å². The summed E-state index contributed by atoms with van der Waals surface area (Å²) in [7, 11) is -4.73. The lowest BCUT2D eigenvalue weighted by atomic mass is 11.1. The van der Waals surface area contributed by atoms with Crippen molar-refractivity contribution in [2.45, 2.75) is 0 Å². The lowest BCUT2D eigenvalue weighted by Gasteiger charge is -2.00. The molecule has 64 valence electrons. The monoisotopic (exact) mass is 186 g/mol. The van der Waals surface area contributed by atoms with Crippen molar-refractivity contribution in [2.75, 3.05) is 0 Å². The molecule has 0 unspecified atom stereocenters. The van der Waals surface area contributed by atoms with Gasteiger partial charge in [-0.15, -0.1) is 8.42 Å². The minimum Gasteiger partial charge on any atom is -0.323 e. The SMILES string of the molecule is C=C(F)OS(=O)(=O)OC(=C)F. The van der Waals surface area contributed by atoms with E-state index < -0.39 is 22.4 Å². The van der Waals surface area contributed by atoms with E-state index in [9.17, 15) is 17.2 Å². The molecule has 7 heteroatoms. The topological polar surface area (TPSA) is 52.6 Å². The molecule has 4 nitrogen and oxygen atoms in total. The predicted octanol–water partition coefficient (Wildman–Crippen LogP) is 1.15. The number of hydrogen-bond acceptors (Lipinski definition) is 4. The Bertz CT molecular complexity index is 246. The Morgan fingerprint density at radius 3 is 1.55 bits per heavy atom. The van der Waals surface area contributed by atoms with E-state index in [1.54, 1.807) is 0 Å². The fourth-order valence-electron chi connectivity index (χ4n) is 0.238. The second kappa shape index (κ2) is 3.33. The first kappa shape index (κ1) is 9.89. The molecule has 0 heterocycles. The van der Waals surface area contributed by atoms with Crippen LogP contribution in [0.2, 0.25) is 0 Å². The van der Waals surface area contributed by atoms with Crippen LogP contribution in [0.25, 0.3) is 0 Å². The lowest BCUT2D eigenvalue weighted by Crippen LogP contribution is -2.06. The summed E-state index contributed by atoms with van der Waals surface area (Å²) in [4.78, 5) is 0. The van der Waals surface area contributed by atoms with Crippen LogP contribution in [-0.2, 0) is 18.8 Å². The third-order valence-corrected chi connectivity index (χ3v) is 1.15. The molecular formula is C4H4F2O4S. The van der Waals surface area contributed by atoms with Gasteiger partial charge in [-0.05, 0) is 13.2 Å². The maximum absolute atomic E-state index is 11.6. The molecule has 0 rings (SSSR count). The molecule has 0 aromatic heterocycles. The minimum atomic E-state index is -4.73. The largest absolute Gasteiger partial charge is 0.505 e. The molecule has 0 radical (unpaired) electrons. The van der Waals surface area contributed by atoms with Crippen LogP contribution in [0, 0.1) is 0 Å². The van der Waals surface area contributed by atoms with Gasteiger partial charge in [-0.3, -0.25) is 0 Å². The molecule has 0 amide bonds. The molecule has 11 heavy (non-hydrogen) atoms. The summed E-state index contributed by atoms with van der Waals surface area (Å²) in [5.41, 5.74) is 0. The van der Waals surface area contributed by atoms with Crippen molar-refractivity contribution < 1.29 is 25.6 Å². The molecular weight excluding hydrogens is 182 g/mol. The Hall–Kier alpha value is -1.11. The molecule has 0 saturated carbocycles. The summed E-state index contributed by atoms with van der Waals surface area (Å²) in [6.07, 6.45) is 0. The van der Waals surface area contributed by atoms with E-state index in [1.807, 2.05) is 0 Å². The Morgan fingerprint density at radius 1 is 1.09 bits per heavy atom. The third-order valence-electron chi connectivity index (χ3n) is 0.385. The normalized spacial score (nSPS) is 10.4. The van der Waals surface area contributed by atoms with E-state index in [-0.39, 0.29) is 0 Å². The smallest absolute Gasteiger partial charge is 0.323 e. The van der Waals surface area contributed by atoms with E-state index in [0.717, 1.165) is 0 Å². The first-order chi connectivity index (χ1) is 4.83. The summed E-state index contributed by atoms with van der Waals surface area (Å²) in [5, 5.41) is 0. The molecule has 0 N–H and O–H groups in total. The van der Waals surface area contributed by atoms with Gasteiger partial charge in [0.1, 0.15) is 0 Å². The molecule has 0 spiro atoms. The first-order valence-electron chi connectivity index (χ1n) is 2.16. The average molecular weight is 186 g/mol. The number of hydrogen-bond donors (Lipinski definition) is 0. The molecule has 0 atom stereocenters. The van der Waals surface area contributed by atoms with Gasteiger partial charge in [0, 0.05) is 0 Å². The van der Waals surface area contributed by atoms with Crippen LogP contribution in [0.5, 0.6) is 0 Å². The third kappa shape index (κ3) is 5.34. The van der Waals surface area contributed by atoms with Gasteiger partial charge in [-0.2, -0.15) is 8.78 Å². The Kier molecular flexibility index (Phi) is 2.99. The van der Waals surface area contributed by atoms with E-state index in [4.69, 9.17) is 0 Å². The van der Waals surface area contributed by atoms with Crippen LogP contribution >= 0.6 is 0 Å². The van der Waals surface area contributed by atoms with Gasteiger partial charge in [-0.25, -0.2) is 0 Å². The van der Waals surface area contributed by atoms with Crippen molar-refractivity contribution in [2.24, 2.45) is 0 Å². The number of halogens is 2. The average Bonchev–Trinajstić information content (AvgIpc) is 1.53. The Balaban J connectivity index is 4.25. The fraction of sp³-hybridized carbons (Fsp3) is 0. The lowest BCUT2D eigenvalue weighted by molar-refractivity contribution is 0.220. The maximum atomic E-state index is 11.6. The summed E-state index contributed by atoms with van der Waals surface area (Å²) in [6, 6.07) is -3.24. The molecule has 0 aromatic carbocycles. The molecule has 0 bridgehead atoms. The van der Waals surface area contributed by atoms with Crippen LogP contribution in [0.3, 0.4) is 0 Å². The predicted molar refractivity (Wildman–Crippen MR) is 31.6 cm³/mol. The van der Waals surface area contributed by atoms with Gasteiger partial charge >= 0.3 is 10.4 Å². The quantitative estimate of drug-likeness (QED) is 0.618. The highest BCUT2D eigenvalue weighted by molar-refractivity contribution is 7.82. The van der Waals surface area contributed by atoms with Crippen LogP contribution in [-0.4, -0.2) is 8.42 Å². The van der Waals surface area contributed by atoms with Crippen molar-refractivity contribution in [1.29, 1.82) is 0 Å². The number of rotatable bonds is 4. The van der Waals surface area contributed by atoms with E-state index in [2.05, 4.69) is 21.5 Å². The van der Waals surface area contributed by atoms with Crippen LogP contribution in [0.4, 0.5) is 8.78 Å². The van der Waals surface area contributed by atoms with Gasteiger partial charge in [0.05, 0.1) is 0 Å². The van der Waals surface area contributed by atoms with Gasteiger partial charge in [0.2, 0.25) is 0 Å². The van der Waals surface area contributed by atoms with Crippen molar-refractivity contribution >= 4 is 10.4 Å². The van der Waals surface area contributed by atoms with Crippen LogP contribution in [0.15, 0.2) is 25.2 Å². The highest BCUT2D eigenvalue weighted by Crippen LogP contribution is 2.08. The summed E-state index contributed by atoms with van der Waals surface area (Å²) >= 11 is 0. The van der Waals surface area contributed by atoms with E-state index in [1.165, 1.54) is 0 Å². The highest BCUT2D eigenvalue weighted by Gasteiger charge is 2.16. The van der Waals surface area contributed by atoms with E-state index >= 15 is 0 Å². The van der Waals surface area contributed by atoms with Crippen LogP contribution < -0.4 is 0 Å². The van der Waals surface area contributed by atoms with Crippen molar-refractivity contribution in [1.82, 2.24) is 0 Å². The molecule has 0 aromatic rings. The summed E-state index contributed by atoms with van der Waals surface area (Å²) in [5.74, 6) is 0. The second-order valence-corrected chi connectivity index (χ2v) is 2.43. The van der Waals surface area contributed by atoms with Crippen LogP contribution in [0.1, 0.15) is 0 Å².